The number of aliphatic hydroxyl groups is 1. The second kappa shape index (κ2) is 17.0. The van der Waals surface area contributed by atoms with Gasteiger partial charge in [0, 0.05) is 19.8 Å². The van der Waals surface area contributed by atoms with Crippen LogP contribution in [0.4, 0.5) is 0 Å². The minimum atomic E-state index is -0.250. The van der Waals surface area contributed by atoms with Gasteiger partial charge >= 0.3 is 5.97 Å². The van der Waals surface area contributed by atoms with Crippen molar-refractivity contribution in [2.24, 2.45) is 0 Å². The third-order valence-corrected chi connectivity index (χ3v) is 4.37. The van der Waals surface area contributed by atoms with Gasteiger partial charge in [0.2, 0.25) is 0 Å². The monoisotopic (exact) mass is 364 g/mol. The maximum absolute atomic E-state index is 11.7. The van der Waals surface area contributed by atoms with Crippen LogP contribution in [0.2, 0.25) is 0 Å². The summed E-state index contributed by atoms with van der Waals surface area (Å²) in [4.78, 5) is 11.7. The fourth-order valence-corrected chi connectivity index (χ4v) is 2.78. The average Bonchev–Trinajstić information content (AvgIpc) is 2.68. The highest BCUT2D eigenvalue weighted by atomic mass is 16.5. The smallest absolute Gasteiger partial charge is 0.338 e. The molecule has 0 aliphatic rings. The molecule has 0 heterocycles. The highest BCUT2D eigenvalue weighted by molar-refractivity contribution is 5.89. The Kier molecular flexibility index (Phi) is 14.8. The van der Waals surface area contributed by atoms with Crippen LogP contribution in [0.3, 0.4) is 0 Å². The van der Waals surface area contributed by atoms with Crippen LogP contribution in [-0.2, 0) is 9.47 Å². The number of ether oxygens (including phenoxy) is 2. The van der Waals surface area contributed by atoms with E-state index in [4.69, 9.17) is 14.6 Å². The van der Waals surface area contributed by atoms with Crippen molar-refractivity contribution in [3.05, 3.63) is 35.9 Å². The minimum Gasteiger partial charge on any atom is -0.462 e. The van der Waals surface area contributed by atoms with Crippen LogP contribution < -0.4 is 0 Å². The van der Waals surface area contributed by atoms with Crippen molar-refractivity contribution in [2.45, 2.75) is 70.6 Å². The van der Waals surface area contributed by atoms with Crippen molar-refractivity contribution in [1.82, 2.24) is 0 Å². The van der Waals surface area contributed by atoms with Crippen molar-refractivity contribution in [3.8, 4) is 0 Å². The molecule has 0 radical (unpaired) electrons. The van der Waals surface area contributed by atoms with Gasteiger partial charge < -0.3 is 14.6 Å². The van der Waals surface area contributed by atoms with Gasteiger partial charge in [-0.1, -0.05) is 63.1 Å². The molecule has 148 valence electrons. The molecule has 0 saturated heterocycles. The summed E-state index contributed by atoms with van der Waals surface area (Å²) in [6, 6.07) is 9.09. The summed E-state index contributed by atoms with van der Waals surface area (Å²) >= 11 is 0. The summed E-state index contributed by atoms with van der Waals surface area (Å²) in [6.45, 7) is 2.36. The van der Waals surface area contributed by atoms with Crippen LogP contribution in [-0.4, -0.2) is 37.5 Å². The second-order valence-electron chi connectivity index (χ2n) is 6.73. The van der Waals surface area contributed by atoms with Gasteiger partial charge in [-0.2, -0.15) is 0 Å². The molecular weight excluding hydrogens is 328 g/mol. The van der Waals surface area contributed by atoms with Crippen molar-refractivity contribution in [1.29, 1.82) is 0 Å². The summed E-state index contributed by atoms with van der Waals surface area (Å²) in [5.41, 5.74) is 0.605. The minimum absolute atomic E-state index is 0.250. The van der Waals surface area contributed by atoms with Crippen LogP contribution >= 0.6 is 0 Å². The van der Waals surface area contributed by atoms with E-state index in [2.05, 4.69) is 0 Å². The van der Waals surface area contributed by atoms with Crippen molar-refractivity contribution in [3.63, 3.8) is 0 Å². The fourth-order valence-electron chi connectivity index (χ4n) is 2.78. The quantitative estimate of drug-likeness (QED) is 0.307. The van der Waals surface area contributed by atoms with E-state index < -0.39 is 0 Å². The zero-order valence-electron chi connectivity index (χ0n) is 16.2. The lowest BCUT2D eigenvalue weighted by atomic mass is 10.1. The van der Waals surface area contributed by atoms with E-state index in [0.29, 0.717) is 18.8 Å². The molecule has 0 aliphatic carbocycles. The Morgan fingerprint density at radius 1 is 0.692 bits per heavy atom. The number of esters is 1. The second-order valence-corrected chi connectivity index (χ2v) is 6.73. The molecule has 0 unspecified atom stereocenters. The molecule has 1 aromatic rings. The van der Waals surface area contributed by atoms with Crippen LogP contribution in [0, 0.1) is 0 Å². The third kappa shape index (κ3) is 12.9. The number of rotatable bonds is 17. The van der Waals surface area contributed by atoms with Crippen LogP contribution in [0.15, 0.2) is 30.3 Å². The molecule has 0 atom stereocenters. The predicted octanol–water partition coefficient (Wildman–Crippen LogP) is 5.14. The maximum Gasteiger partial charge on any atom is 0.338 e. The summed E-state index contributed by atoms with van der Waals surface area (Å²) in [5, 5.41) is 8.70. The van der Waals surface area contributed by atoms with Gasteiger partial charge in [-0.05, 0) is 37.8 Å². The fraction of sp³-hybridized carbons (Fsp3) is 0.682. The Labute approximate surface area is 158 Å². The highest BCUT2D eigenvalue weighted by Crippen LogP contribution is 2.09. The molecule has 0 aliphatic heterocycles. The summed E-state index contributed by atoms with van der Waals surface area (Å²) in [7, 11) is 0. The number of carbonyl (C=O) groups is 1. The van der Waals surface area contributed by atoms with Crippen molar-refractivity contribution in [2.75, 3.05) is 26.4 Å². The Hall–Kier alpha value is -1.39. The van der Waals surface area contributed by atoms with E-state index in [9.17, 15) is 4.79 Å². The normalized spacial score (nSPS) is 10.8. The first-order chi connectivity index (χ1) is 12.8. The van der Waals surface area contributed by atoms with Gasteiger partial charge in [0.15, 0.2) is 0 Å². The molecule has 0 bridgehead atoms. The number of hydrogen-bond acceptors (Lipinski definition) is 4. The molecule has 0 spiro atoms. The molecule has 4 heteroatoms. The zero-order valence-corrected chi connectivity index (χ0v) is 16.2. The molecule has 1 N–H and O–H groups in total. The van der Waals surface area contributed by atoms with E-state index >= 15 is 0 Å². The standard InChI is InChI=1S/C22H36O4/c23-17-11-6-4-2-1-3-5-7-12-18-25-19-13-14-20-26-22(24)21-15-9-8-10-16-21/h8-10,15-16,23H,1-7,11-14,17-20H2. The third-order valence-electron chi connectivity index (χ3n) is 4.37. The van der Waals surface area contributed by atoms with Gasteiger partial charge in [0.05, 0.1) is 12.2 Å². The lowest BCUT2D eigenvalue weighted by molar-refractivity contribution is 0.0481. The largest absolute Gasteiger partial charge is 0.462 e. The topological polar surface area (TPSA) is 55.8 Å². The maximum atomic E-state index is 11.7. The van der Waals surface area contributed by atoms with E-state index in [-0.39, 0.29) is 5.97 Å². The molecule has 4 nitrogen and oxygen atoms in total. The molecule has 0 saturated carbocycles. The van der Waals surface area contributed by atoms with Crippen molar-refractivity contribution >= 4 is 5.97 Å². The Bertz CT molecular complexity index is 433. The molecule has 1 aromatic carbocycles. The van der Waals surface area contributed by atoms with Gasteiger partial charge in [0.25, 0.3) is 0 Å². The molecule has 0 aromatic heterocycles. The molecule has 1 rings (SSSR count). The first-order valence-electron chi connectivity index (χ1n) is 10.3. The van der Waals surface area contributed by atoms with E-state index in [1.807, 2.05) is 18.2 Å². The van der Waals surface area contributed by atoms with Gasteiger partial charge in [-0.25, -0.2) is 4.79 Å². The zero-order chi connectivity index (χ0) is 18.7. The number of carbonyl (C=O) groups excluding carboxylic acids is 1. The van der Waals surface area contributed by atoms with E-state index in [1.165, 1.54) is 38.5 Å². The predicted molar refractivity (Wildman–Crippen MR) is 105 cm³/mol. The molecule has 0 fully saturated rings. The molecule has 26 heavy (non-hydrogen) atoms. The molecular formula is C22H36O4. The van der Waals surface area contributed by atoms with Gasteiger partial charge in [-0.3, -0.25) is 0 Å². The van der Waals surface area contributed by atoms with E-state index in [1.54, 1.807) is 12.1 Å². The first kappa shape index (κ1) is 22.7. The van der Waals surface area contributed by atoms with Crippen molar-refractivity contribution < 1.29 is 19.4 Å². The van der Waals surface area contributed by atoms with Crippen LogP contribution in [0.5, 0.6) is 0 Å². The summed E-state index contributed by atoms with van der Waals surface area (Å²) < 4.78 is 10.9. The lowest BCUT2D eigenvalue weighted by Gasteiger charge is -2.06. The molecule has 0 amide bonds. The number of benzene rings is 1. The van der Waals surface area contributed by atoms with Crippen LogP contribution in [0.1, 0.15) is 81.0 Å². The number of unbranched alkanes of at least 4 members (excludes halogenated alkanes) is 9. The number of hydrogen-bond donors (Lipinski definition) is 1. The van der Waals surface area contributed by atoms with Gasteiger partial charge in [-0.15, -0.1) is 0 Å². The van der Waals surface area contributed by atoms with E-state index in [0.717, 1.165) is 45.3 Å². The summed E-state index contributed by atoms with van der Waals surface area (Å²) in [5.74, 6) is -0.250. The Morgan fingerprint density at radius 2 is 1.19 bits per heavy atom. The summed E-state index contributed by atoms with van der Waals surface area (Å²) in [6.07, 6.45) is 12.7. The van der Waals surface area contributed by atoms with Gasteiger partial charge in [0.1, 0.15) is 0 Å². The SMILES string of the molecule is O=C(OCCCCOCCCCCCCCCCCO)c1ccccc1. The Balaban J connectivity index is 1.76. The Morgan fingerprint density at radius 3 is 1.81 bits per heavy atom. The highest BCUT2D eigenvalue weighted by Gasteiger charge is 2.04. The average molecular weight is 365 g/mol. The lowest BCUT2D eigenvalue weighted by Crippen LogP contribution is -2.07. The number of aliphatic hydroxyl groups excluding tert-OH is 1. The van der Waals surface area contributed by atoms with Crippen LogP contribution in [0.25, 0.3) is 0 Å². The first-order valence-corrected chi connectivity index (χ1v) is 10.3.